The average Bonchev–Trinajstić information content (AvgIpc) is 3.64. The number of amides is 5. The van der Waals surface area contributed by atoms with Gasteiger partial charge in [-0.05, 0) is 38.5 Å². The zero-order valence-electron chi connectivity index (χ0n) is 32.8. The minimum Gasteiger partial charge on any atom is -0.481 e. The third kappa shape index (κ3) is 25.9. The van der Waals surface area contributed by atoms with Crippen LogP contribution >= 0.6 is 0 Å². The lowest BCUT2D eigenvalue weighted by molar-refractivity contribution is -0.144. The number of carbonyl (C=O) groups excluding carboxylic acids is 5. The molecule has 3 atom stereocenters. The molecule has 0 aliphatic heterocycles. The summed E-state index contributed by atoms with van der Waals surface area (Å²) in [6, 6.07) is -4.79. The summed E-state index contributed by atoms with van der Waals surface area (Å²) in [6.45, 7) is 2.70. The Morgan fingerprint density at radius 2 is 1.46 bits per heavy atom. The Labute approximate surface area is 340 Å². The maximum absolute atomic E-state index is 12.9. The summed E-state index contributed by atoms with van der Waals surface area (Å²) >= 11 is 0. The first kappa shape index (κ1) is 51.1. The number of hydrogen-bond donors (Lipinski definition) is 10. The first-order valence-corrected chi connectivity index (χ1v) is 18.7. The van der Waals surface area contributed by atoms with Gasteiger partial charge < -0.3 is 72.3 Å². The summed E-state index contributed by atoms with van der Waals surface area (Å²) in [5.74, 6) is -7.27. The van der Waals surface area contributed by atoms with Crippen LogP contribution in [0, 0.1) is 0 Å². The number of rotatable bonds is 34. The quantitative estimate of drug-likeness (QED) is 0.0139. The molecule has 25 nitrogen and oxygen atoms in total. The number of nitrogens with one attached hydrogen (secondary N) is 5. The number of carboxylic acids is 2. The number of hydrogen-bond acceptors (Lipinski definition) is 15. The standard InChI is InChI=1S/C34H57N11O14/c1-2-3-4-5-6-8-23-20-45(44-43-23)22-58-14-13-56-11-12-57-15-16-59-34(55)39-19-28(48)40-24(9-7-10-37-33(35)36)30(51)38-18-27(47)41-25(17-29(49)50)31(52)42-26(21-46)32(53)54/h2,20,24-26,46H,1,3-19,21-22H2,(H,38,51)(H,39,55)(H,40,48)(H,41,47)(H,42,52)(H,49,50)(H,53,54)(H4,35,36,37)/t24-,25-,26-/m0/s1. The van der Waals surface area contributed by atoms with Crippen molar-refractivity contribution >= 4 is 47.6 Å². The lowest BCUT2D eigenvalue weighted by atomic mass is 10.1. The second-order valence-corrected chi connectivity index (χ2v) is 12.5. The number of ether oxygens (including phenoxy) is 4. The SMILES string of the molecule is C=CCCCCCc1cn(COCCOCCOCCOC(=O)NCC(=O)N[C@@H](CCCN=C(N)N)C(=O)NCC(=O)N[C@@H](CC(=O)O)C(=O)N[C@@H](CO)C(=O)O)nn1. The summed E-state index contributed by atoms with van der Waals surface area (Å²) < 4.78 is 22.9. The maximum Gasteiger partial charge on any atom is 0.407 e. The van der Waals surface area contributed by atoms with Gasteiger partial charge in [0.2, 0.25) is 23.6 Å². The predicted octanol–water partition coefficient (Wildman–Crippen LogP) is -3.52. The molecule has 0 radical (unpaired) electrons. The molecule has 1 heterocycles. The minimum atomic E-state index is -1.77. The van der Waals surface area contributed by atoms with E-state index in [0.29, 0.717) is 13.2 Å². The fourth-order valence-electron chi connectivity index (χ4n) is 4.68. The van der Waals surface area contributed by atoms with E-state index in [-0.39, 0.29) is 58.5 Å². The van der Waals surface area contributed by atoms with Gasteiger partial charge in [0.25, 0.3) is 0 Å². The third-order valence-corrected chi connectivity index (χ3v) is 7.60. The molecule has 0 spiro atoms. The largest absolute Gasteiger partial charge is 0.481 e. The van der Waals surface area contributed by atoms with Gasteiger partial charge in [-0.25, -0.2) is 14.3 Å². The zero-order valence-corrected chi connectivity index (χ0v) is 32.8. The molecule has 12 N–H and O–H groups in total. The molecule has 25 heteroatoms. The highest BCUT2D eigenvalue weighted by molar-refractivity contribution is 5.95. The molecule has 59 heavy (non-hydrogen) atoms. The van der Waals surface area contributed by atoms with Crippen LogP contribution in [0.25, 0.3) is 0 Å². The summed E-state index contributed by atoms with van der Waals surface area (Å²) in [4.78, 5) is 88.6. The molecule has 0 fully saturated rings. The Hall–Kier alpha value is -5.92. The van der Waals surface area contributed by atoms with Crippen LogP contribution in [0.3, 0.4) is 0 Å². The summed E-state index contributed by atoms with van der Waals surface area (Å²) in [5, 5.41) is 46.2. The van der Waals surface area contributed by atoms with Crippen molar-refractivity contribution in [2.75, 3.05) is 65.9 Å². The molecular weight excluding hydrogens is 786 g/mol. The van der Waals surface area contributed by atoms with Crippen LogP contribution in [-0.4, -0.2) is 162 Å². The van der Waals surface area contributed by atoms with Crippen molar-refractivity contribution < 1.29 is 67.8 Å². The van der Waals surface area contributed by atoms with Crippen LogP contribution in [0.15, 0.2) is 23.8 Å². The van der Waals surface area contributed by atoms with Crippen LogP contribution in [0.1, 0.15) is 50.6 Å². The number of nitrogens with two attached hydrogens (primary N) is 2. The van der Waals surface area contributed by atoms with Crippen LogP contribution in [-0.2, 0) is 60.9 Å². The van der Waals surface area contributed by atoms with Gasteiger partial charge in [-0.15, -0.1) is 11.7 Å². The van der Waals surface area contributed by atoms with Gasteiger partial charge in [-0.3, -0.25) is 29.0 Å². The first-order chi connectivity index (χ1) is 28.2. The van der Waals surface area contributed by atoms with Gasteiger partial charge in [-0.2, -0.15) is 0 Å². The Morgan fingerprint density at radius 1 is 0.814 bits per heavy atom. The van der Waals surface area contributed by atoms with Crippen molar-refractivity contribution in [1.82, 2.24) is 41.6 Å². The zero-order chi connectivity index (χ0) is 43.8. The molecule has 0 bridgehead atoms. The highest BCUT2D eigenvalue weighted by atomic mass is 16.6. The van der Waals surface area contributed by atoms with E-state index in [9.17, 15) is 33.6 Å². The van der Waals surface area contributed by atoms with Crippen molar-refractivity contribution in [3.05, 3.63) is 24.5 Å². The summed E-state index contributed by atoms with van der Waals surface area (Å²) in [5.41, 5.74) is 11.5. The lowest BCUT2D eigenvalue weighted by Gasteiger charge is -2.21. The lowest BCUT2D eigenvalue weighted by Crippen LogP contribution is -2.55. The van der Waals surface area contributed by atoms with E-state index in [1.165, 1.54) is 0 Å². The number of aromatic nitrogens is 3. The van der Waals surface area contributed by atoms with E-state index in [0.717, 1.165) is 37.8 Å². The number of aliphatic imine (C=N–C) groups is 1. The number of alkyl carbamates (subject to hydrolysis) is 1. The predicted molar refractivity (Wildman–Crippen MR) is 205 cm³/mol. The first-order valence-electron chi connectivity index (χ1n) is 18.7. The molecule has 0 aliphatic carbocycles. The fourth-order valence-corrected chi connectivity index (χ4v) is 4.68. The number of aryl methyl sites for hydroxylation is 1. The Bertz CT molecular complexity index is 1510. The summed E-state index contributed by atoms with van der Waals surface area (Å²) in [7, 11) is 0. The summed E-state index contributed by atoms with van der Waals surface area (Å²) in [6.07, 6.45) is 7.16. The van der Waals surface area contributed by atoms with Crippen molar-refractivity contribution in [1.29, 1.82) is 0 Å². The second kappa shape index (κ2) is 31.1. The number of allylic oxidation sites excluding steroid dienone is 1. The van der Waals surface area contributed by atoms with E-state index in [1.807, 2.05) is 17.6 Å². The van der Waals surface area contributed by atoms with Crippen molar-refractivity contribution in [3.63, 3.8) is 0 Å². The van der Waals surface area contributed by atoms with E-state index in [4.69, 9.17) is 45.7 Å². The van der Waals surface area contributed by atoms with Crippen LogP contribution < -0.4 is 38.1 Å². The monoisotopic (exact) mass is 843 g/mol. The van der Waals surface area contributed by atoms with Gasteiger partial charge in [-0.1, -0.05) is 17.7 Å². The Morgan fingerprint density at radius 3 is 2.08 bits per heavy atom. The highest BCUT2D eigenvalue weighted by Crippen LogP contribution is 2.06. The van der Waals surface area contributed by atoms with Gasteiger partial charge >= 0.3 is 18.0 Å². The van der Waals surface area contributed by atoms with Crippen molar-refractivity contribution in [3.8, 4) is 0 Å². The van der Waals surface area contributed by atoms with E-state index in [2.05, 4.69) is 43.2 Å². The molecule has 0 aromatic carbocycles. The maximum atomic E-state index is 12.9. The number of carbonyl (C=O) groups is 7. The third-order valence-electron chi connectivity index (χ3n) is 7.60. The van der Waals surface area contributed by atoms with E-state index in [1.54, 1.807) is 4.68 Å². The van der Waals surface area contributed by atoms with Gasteiger partial charge in [0.15, 0.2) is 5.96 Å². The van der Waals surface area contributed by atoms with Crippen LogP contribution in [0.5, 0.6) is 0 Å². The second-order valence-electron chi connectivity index (χ2n) is 12.5. The topological polar surface area (TPSA) is 372 Å². The molecule has 0 saturated heterocycles. The molecule has 0 unspecified atom stereocenters. The average molecular weight is 844 g/mol. The molecular formula is C34H57N11O14. The molecule has 0 saturated carbocycles. The number of guanidine groups is 1. The Balaban J connectivity index is 2.38. The van der Waals surface area contributed by atoms with Gasteiger partial charge in [0.05, 0.1) is 64.5 Å². The molecule has 5 amide bonds. The molecule has 1 aromatic heterocycles. The van der Waals surface area contributed by atoms with E-state index >= 15 is 0 Å². The molecule has 1 aromatic rings. The van der Waals surface area contributed by atoms with E-state index < -0.39 is 85.9 Å². The molecule has 0 aliphatic rings. The number of carboxylic acid groups (broad SMARTS) is 2. The van der Waals surface area contributed by atoms with Crippen molar-refractivity contribution in [2.45, 2.75) is 76.2 Å². The minimum absolute atomic E-state index is 0.0303. The fraction of sp³-hybridized carbons (Fsp3) is 0.647. The number of aliphatic carboxylic acids is 2. The normalized spacial score (nSPS) is 12.2. The van der Waals surface area contributed by atoms with Crippen LogP contribution in [0.4, 0.5) is 4.79 Å². The van der Waals surface area contributed by atoms with Crippen molar-refractivity contribution in [2.24, 2.45) is 16.5 Å². The number of aliphatic hydroxyl groups excluding tert-OH is 1. The highest BCUT2D eigenvalue weighted by Gasteiger charge is 2.28. The smallest absolute Gasteiger partial charge is 0.407 e. The number of unbranched alkanes of at least 4 members (excludes halogenated alkanes) is 3. The number of aliphatic hydroxyl groups is 1. The molecule has 332 valence electrons. The number of nitrogens with zero attached hydrogens (tertiary/aromatic N) is 4. The van der Waals surface area contributed by atoms with Gasteiger partial charge in [0, 0.05) is 6.54 Å². The van der Waals surface area contributed by atoms with Gasteiger partial charge in [0.1, 0.15) is 38.0 Å². The molecule has 1 rings (SSSR count). The Kier molecular flexibility index (Phi) is 27.0. The van der Waals surface area contributed by atoms with Crippen LogP contribution in [0.2, 0.25) is 0 Å².